The van der Waals surface area contributed by atoms with E-state index in [1.807, 2.05) is 60.9 Å². The van der Waals surface area contributed by atoms with E-state index < -0.39 is 0 Å². The molecule has 0 spiro atoms. The van der Waals surface area contributed by atoms with Crippen molar-refractivity contribution < 1.29 is 0 Å². The van der Waals surface area contributed by atoms with Crippen molar-refractivity contribution in [1.82, 2.24) is 62.3 Å². The van der Waals surface area contributed by atoms with Crippen LogP contribution in [-0.4, -0.2) is 62.3 Å². The number of pyridine rings is 4. The van der Waals surface area contributed by atoms with Crippen molar-refractivity contribution in [1.29, 1.82) is 0 Å². The predicted octanol–water partition coefficient (Wildman–Crippen LogP) is 34.6. The van der Waals surface area contributed by atoms with Gasteiger partial charge in [-0.1, -0.05) is 343 Å². The molecule has 0 amide bonds. The third-order valence-electron chi connectivity index (χ3n) is 28.1. The standard InChI is InChI=1S/C45H29N3S.C44H28N4S.C42H26N6S/c1-4-14-30(15-5-1)32-26-33(31-16-6-2-7-17-31)28-34(27-32)45-46-29-42(49-45)48-39-22-12-10-20-36(39)37-24-25-41-43(44(37)48)38-21-11-13-23-40(38)47(41)35-18-8-3-9-19-35;1-4-14-29(15-5-1)36-26-31(27-37(46-36)30-16-6-2-7-17-30)44-45-28-41(49-44)48-39-23-13-11-21-35(39)42-40(48)25-24-34-33-20-10-12-22-38(33)47(43(34)42)32-18-8-3-9-19-32;1-2-12-28(13-3-1)47-37-18-6-4-14-29(37)31-25-40-32(24-39(31)47)30-15-5-7-19-38(30)48(40)41-26-45-42(49-41)27-22-35(33-16-8-10-20-43-33)46-36(23-27)34-17-9-11-21-44-34/h1-29H;1-28H;1-26H. The van der Waals surface area contributed by atoms with Crippen molar-refractivity contribution in [2.24, 2.45) is 0 Å². The van der Waals surface area contributed by atoms with E-state index in [0.29, 0.717) is 0 Å². The van der Waals surface area contributed by atoms with Gasteiger partial charge < -0.3 is 13.7 Å². The zero-order chi connectivity index (χ0) is 96.9. The normalized spacial score (nSPS) is 11.7. The van der Waals surface area contributed by atoms with Crippen LogP contribution in [0.4, 0.5) is 0 Å². The molecule has 0 atom stereocenters. The Labute approximate surface area is 856 Å². The highest BCUT2D eigenvalue weighted by molar-refractivity contribution is 7.18. The highest BCUT2D eigenvalue weighted by atomic mass is 32.1. The zero-order valence-corrected chi connectivity index (χ0v) is 81.4. The first-order valence-electron chi connectivity index (χ1n) is 49.1. The molecule has 30 aromatic rings. The molecule has 0 N–H and O–H groups in total. The molecule has 0 fully saturated rings. The van der Waals surface area contributed by atoms with E-state index in [1.165, 1.54) is 131 Å². The van der Waals surface area contributed by atoms with Gasteiger partial charge in [0.25, 0.3) is 0 Å². The molecule has 0 saturated carbocycles. The summed E-state index contributed by atoms with van der Waals surface area (Å²) in [5, 5.41) is 20.9. The van der Waals surface area contributed by atoms with Crippen molar-refractivity contribution in [2.45, 2.75) is 0 Å². The van der Waals surface area contributed by atoms with Crippen LogP contribution in [-0.2, 0) is 0 Å². The van der Waals surface area contributed by atoms with Gasteiger partial charge in [0.2, 0.25) is 0 Å². The van der Waals surface area contributed by atoms with Gasteiger partial charge in [0.05, 0.1) is 119 Å². The highest BCUT2D eigenvalue weighted by Gasteiger charge is 2.28. The fraction of sp³-hybridized carbons (Fsp3) is 0. The molecule has 0 aliphatic heterocycles. The minimum absolute atomic E-state index is 0.782. The van der Waals surface area contributed by atoms with E-state index in [2.05, 4.69) is 468 Å². The Hall–Kier alpha value is -19.0. The van der Waals surface area contributed by atoms with Gasteiger partial charge in [0, 0.05) is 122 Å². The maximum absolute atomic E-state index is 5.11. The first-order valence-corrected chi connectivity index (χ1v) is 51.6. The van der Waals surface area contributed by atoms with Gasteiger partial charge in [-0.3, -0.25) is 23.7 Å². The van der Waals surface area contributed by atoms with Crippen molar-refractivity contribution in [3.8, 4) is 131 Å². The minimum Gasteiger partial charge on any atom is -0.309 e. The Kier molecular flexibility index (Phi) is 21.2. The summed E-state index contributed by atoms with van der Waals surface area (Å²) in [5.41, 5.74) is 32.8. The maximum atomic E-state index is 5.11. The lowest BCUT2D eigenvalue weighted by atomic mass is 9.96. The van der Waals surface area contributed by atoms with E-state index in [9.17, 15) is 0 Å². The van der Waals surface area contributed by atoms with Gasteiger partial charge in [-0.25, -0.2) is 24.9 Å². The van der Waals surface area contributed by atoms with Crippen LogP contribution in [0.15, 0.2) is 504 Å². The average Bonchev–Trinajstić information content (AvgIpc) is 1.55. The van der Waals surface area contributed by atoms with Crippen LogP contribution in [0, 0.1) is 0 Å². The number of benzene rings is 17. The monoisotopic (exact) mass is 1930 g/mol. The fourth-order valence-corrected chi connectivity index (χ4v) is 24.5. The van der Waals surface area contributed by atoms with Crippen LogP contribution in [0.25, 0.3) is 262 Å². The largest absolute Gasteiger partial charge is 0.309 e. The summed E-state index contributed by atoms with van der Waals surface area (Å²) in [6.07, 6.45) is 9.65. The lowest BCUT2D eigenvalue weighted by molar-refractivity contribution is 1.18. The third-order valence-corrected chi connectivity index (χ3v) is 31.2. The van der Waals surface area contributed by atoms with E-state index in [0.717, 1.165) is 131 Å². The Bertz CT molecular complexity index is 10100. The molecule has 0 bridgehead atoms. The van der Waals surface area contributed by atoms with Crippen molar-refractivity contribution in [2.75, 3.05) is 0 Å². The fourth-order valence-electron chi connectivity index (χ4n) is 21.7. The molecule has 13 heterocycles. The number of nitrogens with zero attached hydrogens (tertiary/aromatic N) is 13. The number of rotatable bonds is 15. The second kappa shape index (κ2) is 36.2. The Morgan fingerprint density at radius 3 is 0.871 bits per heavy atom. The van der Waals surface area contributed by atoms with E-state index in [4.69, 9.17) is 24.9 Å². The molecule has 13 aromatic heterocycles. The van der Waals surface area contributed by atoms with Crippen molar-refractivity contribution >= 4 is 165 Å². The number of para-hydroxylation sites is 9. The van der Waals surface area contributed by atoms with Gasteiger partial charge in [0.1, 0.15) is 30.0 Å². The smallest absolute Gasteiger partial charge is 0.125 e. The first-order chi connectivity index (χ1) is 72.9. The summed E-state index contributed by atoms with van der Waals surface area (Å²) in [6.45, 7) is 0. The molecular weight excluding hydrogens is 1850 g/mol. The molecule has 0 unspecified atom stereocenters. The Balaban J connectivity index is 0.000000107. The van der Waals surface area contributed by atoms with Crippen LogP contribution in [0.2, 0.25) is 0 Å². The predicted molar refractivity (Wildman–Crippen MR) is 612 cm³/mol. The number of fused-ring (bicyclic) bond motifs is 20. The maximum Gasteiger partial charge on any atom is 0.125 e. The molecule has 0 radical (unpaired) electrons. The number of hydrogen-bond acceptors (Lipinski definition) is 10. The van der Waals surface area contributed by atoms with Crippen molar-refractivity contribution in [3.05, 3.63) is 504 Å². The summed E-state index contributed by atoms with van der Waals surface area (Å²) >= 11 is 5.12. The molecule has 0 aliphatic carbocycles. The Morgan fingerprint density at radius 1 is 0.156 bits per heavy atom. The average molecular weight is 1940 g/mol. The van der Waals surface area contributed by atoms with Gasteiger partial charge in [-0.15, -0.1) is 0 Å². The topological polar surface area (TPSA) is 120 Å². The van der Waals surface area contributed by atoms with Gasteiger partial charge in [0.15, 0.2) is 0 Å². The van der Waals surface area contributed by atoms with E-state index >= 15 is 0 Å². The molecular formula is C131H83N13S3. The quantitative estimate of drug-likeness (QED) is 0.100. The van der Waals surface area contributed by atoms with Crippen LogP contribution in [0.5, 0.6) is 0 Å². The Morgan fingerprint density at radius 2 is 0.442 bits per heavy atom. The van der Waals surface area contributed by atoms with Crippen LogP contribution in [0.1, 0.15) is 0 Å². The lowest BCUT2D eigenvalue weighted by Gasteiger charge is -2.10. The van der Waals surface area contributed by atoms with Crippen LogP contribution in [0.3, 0.4) is 0 Å². The molecule has 0 saturated heterocycles. The van der Waals surface area contributed by atoms with Crippen molar-refractivity contribution in [3.63, 3.8) is 0 Å². The highest BCUT2D eigenvalue weighted by Crippen LogP contribution is 2.50. The summed E-state index contributed by atoms with van der Waals surface area (Å²) in [4.78, 5) is 34.4. The molecule has 13 nitrogen and oxygen atoms in total. The number of aromatic nitrogens is 13. The third kappa shape index (κ3) is 15.0. The summed E-state index contributed by atoms with van der Waals surface area (Å²) in [7, 11) is 0. The molecule has 0 aliphatic rings. The summed E-state index contributed by atoms with van der Waals surface area (Å²) in [5.74, 6) is 0. The number of thiazole rings is 3. The first kappa shape index (κ1) is 86.0. The van der Waals surface area contributed by atoms with Gasteiger partial charge in [-0.2, -0.15) is 0 Å². The molecule has 16 heteroatoms. The van der Waals surface area contributed by atoms with E-state index in [-0.39, 0.29) is 0 Å². The minimum atomic E-state index is 0.782. The lowest BCUT2D eigenvalue weighted by Crippen LogP contribution is -1.94. The number of hydrogen-bond donors (Lipinski definition) is 0. The second-order valence-corrected chi connectivity index (χ2v) is 39.7. The van der Waals surface area contributed by atoms with Crippen LogP contribution < -0.4 is 0 Å². The molecule has 690 valence electrons. The summed E-state index contributed by atoms with van der Waals surface area (Å²) < 4.78 is 14.4. The summed E-state index contributed by atoms with van der Waals surface area (Å²) in [6, 6.07) is 167. The van der Waals surface area contributed by atoms with Gasteiger partial charge >= 0.3 is 0 Å². The van der Waals surface area contributed by atoms with Gasteiger partial charge in [-0.05, 0) is 186 Å². The molecule has 147 heavy (non-hydrogen) atoms. The van der Waals surface area contributed by atoms with Crippen LogP contribution >= 0.6 is 34.0 Å². The zero-order valence-electron chi connectivity index (χ0n) is 79.0. The SMILES string of the molecule is c1ccc(-c2cc(-c3ccccc3)cc(-c3ncc(-n4c5ccccc5c5ccc6c(c7ccccc7n6-c6ccccc6)c54)s3)c2)cc1.c1ccc(-c2cc(-c3ncc(-n4c5ccccc5c5c4ccc4c6ccccc6n(-c6ccccc6)c45)s3)cc(-c3ccccc3)n2)cc1.c1ccc(-n2c3ccccc3c3cc4c(cc32)c2ccccc2n4-c2cnc(-c3cc(-c4ccccn4)nc(-c4ccccn4)c3)s2)cc1. The van der Waals surface area contributed by atoms with E-state index in [1.54, 1.807) is 46.4 Å². The molecule has 30 rings (SSSR count). The molecule has 17 aromatic carbocycles. The second-order valence-electron chi connectivity index (χ2n) is 36.7.